The Morgan fingerprint density at radius 3 is 2.09 bits per heavy atom. The lowest BCUT2D eigenvalue weighted by Gasteiger charge is -2.16. The molecule has 0 aliphatic rings. The molecule has 0 radical (unpaired) electrons. The minimum Gasteiger partial charge on any atom is -0.393 e. The number of thiol groups is 1. The third-order valence-electron chi connectivity index (χ3n) is 1.30. The van der Waals surface area contributed by atoms with E-state index in [0.29, 0.717) is 0 Å². The van der Waals surface area contributed by atoms with Crippen LogP contribution in [0.15, 0.2) is 0 Å². The molecule has 0 amide bonds. The number of rotatable bonds is 4. The molecule has 3 N–H and O–H groups in total. The molecule has 0 bridgehead atoms. The molecule has 0 spiro atoms. The Morgan fingerprint density at radius 1 is 1.55 bits per heavy atom. The maximum atomic E-state index is 10.6. The lowest BCUT2D eigenvalue weighted by atomic mass is 10.2. The van der Waals surface area contributed by atoms with Gasteiger partial charge in [-0.2, -0.15) is 12.6 Å². The highest BCUT2D eigenvalue weighted by atomic mass is 32.1. The molecule has 6 heteroatoms. The second-order valence-electron chi connectivity index (χ2n) is 2.51. The van der Waals surface area contributed by atoms with Crippen molar-refractivity contribution in [3.05, 3.63) is 0 Å². The van der Waals surface area contributed by atoms with E-state index in [1.807, 2.05) is 0 Å². The summed E-state index contributed by atoms with van der Waals surface area (Å²) in [4.78, 5) is 17.4. The van der Waals surface area contributed by atoms with Crippen LogP contribution in [0.25, 0.3) is 0 Å². The van der Waals surface area contributed by atoms with E-state index in [2.05, 4.69) is 12.6 Å². The third kappa shape index (κ3) is 4.82. The van der Waals surface area contributed by atoms with Crippen LogP contribution in [-0.2, 0) is 4.57 Å². The van der Waals surface area contributed by atoms with Gasteiger partial charge in [-0.15, -0.1) is 0 Å². The Bertz CT molecular complexity index is 155. The average molecular weight is 200 g/mol. The molecule has 0 aromatic heterocycles. The first kappa shape index (κ1) is 11.5. The zero-order valence-electron chi connectivity index (χ0n) is 6.21. The minimum absolute atomic E-state index is 0.0910. The molecule has 0 aromatic carbocycles. The highest BCUT2D eigenvalue weighted by Crippen LogP contribution is 2.43. The van der Waals surface area contributed by atoms with E-state index < -0.39 is 19.4 Å². The molecule has 0 aliphatic heterocycles. The highest BCUT2D eigenvalue weighted by Gasteiger charge is 2.28. The van der Waals surface area contributed by atoms with Gasteiger partial charge >= 0.3 is 7.60 Å². The molecule has 0 rings (SSSR count). The zero-order chi connectivity index (χ0) is 9.07. The summed E-state index contributed by atoms with van der Waals surface area (Å²) in [7, 11) is -4.07. The first-order valence-corrected chi connectivity index (χ1v) is 5.53. The summed E-state index contributed by atoms with van der Waals surface area (Å²) in [6, 6.07) is 0. The van der Waals surface area contributed by atoms with E-state index in [4.69, 9.17) is 14.9 Å². The van der Waals surface area contributed by atoms with Crippen molar-refractivity contribution in [2.75, 3.05) is 5.75 Å². The quantitative estimate of drug-likeness (QED) is 0.387. The zero-order valence-corrected chi connectivity index (χ0v) is 8.00. The fraction of sp³-hybridized carbons (Fsp3) is 1.00. The fourth-order valence-corrected chi connectivity index (χ4v) is 2.29. The molecule has 68 valence electrons. The Balaban J connectivity index is 4.08. The fourth-order valence-electron chi connectivity index (χ4n) is 0.712. The molecule has 0 saturated heterocycles. The van der Waals surface area contributed by atoms with Crippen LogP contribution in [0.1, 0.15) is 13.3 Å². The molecule has 4 nitrogen and oxygen atoms in total. The highest BCUT2D eigenvalue weighted by molar-refractivity contribution is 7.80. The maximum Gasteiger partial charge on any atom is 0.329 e. The summed E-state index contributed by atoms with van der Waals surface area (Å²) in [6.45, 7) is 1.49. The predicted octanol–water partition coefficient (Wildman–Crippen LogP) is 0.233. The third-order valence-corrected chi connectivity index (χ3v) is 3.37. The normalized spacial score (nSPS) is 17.9. The van der Waals surface area contributed by atoms with Crippen molar-refractivity contribution in [3.63, 3.8) is 0 Å². The van der Waals surface area contributed by atoms with E-state index in [9.17, 15) is 4.57 Å². The van der Waals surface area contributed by atoms with Gasteiger partial charge in [0.25, 0.3) is 0 Å². The monoisotopic (exact) mass is 200 g/mol. The molecule has 0 fully saturated rings. The second kappa shape index (κ2) is 4.48. The predicted molar refractivity (Wildman–Crippen MR) is 46.0 cm³/mol. The van der Waals surface area contributed by atoms with Crippen molar-refractivity contribution in [1.29, 1.82) is 0 Å². The molecular formula is C5H13O4PS. The van der Waals surface area contributed by atoms with Gasteiger partial charge in [-0.05, 0) is 13.3 Å². The van der Waals surface area contributed by atoms with Crippen LogP contribution in [0.4, 0.5) is 0 Å². The SMILES string of the molecule is CC(O)CC(CS)P(=O)(O)O. The molecule has 0 saturated carbocycles. The summed E-state index contributed by atoms with van der Waals surface area (Å²) < 4.78 is 10.6. The van der Waals surface area contributed by atoms with Crippen molar-refractivity contribution in [2.24, 2.45) is 0 Å². The van der Waals surface area contributed by atoms with Crippen LogP contribution in [0.3, 0.4) is 0 Å². The van der Waals surface area contributed by atoms with Crippen LogP contribution in [0.2, 0.25) is 0 Å². The van der Waals surface area contributed by atoms with Gasteiger partial charge in [0.2, 0.25) is 0 Å². The summed E-state index contributed by atoms with van der Waals surface area (Å²) in [5, 5.41) is 8.84. The molecule has 11 heavy (non-hydrogen) atoms. The summed E-state index contributed by atoms with van der Waals surface area (Å²) in [5.74, 6) is 0.0924. The summed E-state index contributed by atoms with van der Waals surface area (Å²) in [5.41, 5.74) is -0.828. The standard InChI is InChI=1S/C5H13O4PS/c1-4(6)2-5(3-11)10(7,8)9/h4-6,11H,2-3H2,1H3,(H2,7,8,9). The van der Waals surface area contributed by atoms with Crippen LogP contribution in [0, 0.1) is 0 Å². The van der Waals surface area contributed by atoms with Gasteiger partial charge in [0, 0.05) is 5.75 Å². The minimum atomic E-state index is -4.07. The van der Waals surface area contributed by atoms with Gasteiger partial charge in [-0.25, -0.2) is 0 Å². The Kier molecular flexibility index (Phi) is 4.66. The lowest BCUT2D eigenvalue weighted by Crippen LogP contribution is -2.17. The topological polar surface area (TPSA) is 77.8 Å². The number of aliphatic hydroxyl groups is 1. The van der Waals surface area contributed by atoms with Crippen LogP contribution in [0.5, 0.6) is 0 Å². The van der Waals surface area contributed by atoms with Gasteiger partial charge in [0.1, 0.15) is 0 Å². The Labute approximate surface area is 71.2 Å². The first-order valence-electron chi connectivity index (χ1n) is 3.22. The van der Waals surface area contributed by atoms with E-state index >= 15 is 0 Å². The van der Waals surface area contributed by atoms with Crippen LogP contribution >= 0.6 is 20.2 Å². The van der Waals surface area contributed by atoms with E-state index in [-0.39, 0.29) is 12.2 Å². The molecular weight excluding hydrogens is 187 g/mol. The van der Waals surface area contributed by atoms with Crippen molar-refractivity contribution in [1.82, 2.24) is 0 Å². The van der Waals surface area contributed by atoms with E-state index in [1.54, 1.807) is 0 Å². The second-order valence-corrected chi connectivity index (χ2v) is 4.78. The molecule has 0 heterocycles. The van der Waals surface area contributed by atoms with E-state index in [1.165, 1.54) is 6.92 Å². The number of hydrogen-bond donors (Lipinski definition) is 4. The van der Waals surface area contributed by atoms with Gasteiger partial charge in [0.15, 0.2) is 0 Å². The Hall–Kier alpha value is 0.460. The van der Waals surface area contributed by atoms with Crippen molar-refractivity contribution in [3.8, 4) is 0 Å². The smallest absolute Gasteiger partial charge is 0.329 e. The van der Waals surface area contributed by atoms with Gasteiger partial charge in [-0.1, -0.05) is 0 Å². The van der Waals surface area contributed by atoms with Crippen molar-refractivity contribution < 1.29 is 19.5 Å². The van der Waals surface area contributed by atoms with Gasteiger partial charge in [-0.3, -0.25) is 4.57 Å². The molecule has 0 aliphatic carbocycles. The summed E-state index contributed by atoms with van der Waals surface area (Å²) >= 11 is 3.78. The van der Waals surface area contributed by atoms with Crippen molar-refractivity contribution >= 4 is 20.2 Å². The number of hydrogen-bond acceptors (Lipinski definition) is 3. The maximum absolute atomic E-state index is 10.6. The van der Waals surface area contributed by atoms with Crippen LogP contribution < -0.4 is 0 Å². The summed E-state index contributed by atoms with van der Waals surface area (Å²) in [6.07, 6.45) is -0.604. The van der Waals surface area contributed by atoms with Gasteiger partial charge < -0.3 is 14.9 Å². The van der Waals surface area contributed by atoms with Crippen LogP contribution in [-0.4, -0.2) is 32.4 Å². The van der Waals surface area contributed by atoms with E-state index in [0.717, 1.165) is 0 Å². The molecule has 2 unspecified atom stereocenters. The number of aliphatic hydroxyl groups excluding tert-OH is 1. The van der Waals surface area contributed by atoms with Crippen molar-refractivity contribution in [2.45, 2.75) is 25.1 Å². The molecule has 0 aromatic rings. The Morgan fingerprint density at radius 2 is 2.00 bits per heavy atom. The lowest BCUT2D eigenvalue weighted by molar-refractivity contribution is 0.180. The first-order chi connectivity index (χ1) is 4.88. The molecule has 2 atom stereocenters. The average Bonchev–Trinajstić information content (AvgIpc) is 1.79. The van der Waals surface area contributed by atoms with Gasteiger partial charge in [0.05, 0.1) is 11.8 Å². The largest absolute Gasteiger partial charge is 0.393 e.